The highest BCUT2D eigenvalue weighted by molar-refractivity contribution is 5.91. The van der Waals surface area contributed by atoms with E-state index in [1.54, 1.807) is 12.1 Å². The van der Waals surface area contributed by atoms with Crippen LogP contribution in [0.3, 0.4) is 0 Å². The molecule has 1 unspecified atom stereocenters. The lowest BCUT2D eigenvalue weighted by Crippen LogP contribution is -2.41. The number of benzene rings is 1. The molecule has 1 aromatic rings. The van der Waals surface area contributed by atoms with Crippen molar-refractivity contribution in [3.63, 3.8) is 0 Å². The molecule has 0 radical (unpaired) electrons. The lowest BCUT2D eigenvalue weighted by molar-refractivity contribution is -0.116. The Bertz CT molecular complexity index is 456. The predicted molar refractivity (Wildman–Crippen MR) is 80.5 cm³/mol. The second kappa shape index (κ2) is 7.52. The van der Waals surface area contributed by atoms with Crippen LogP contribution in [0.25, 0.3) is 0 Å². The molecule has 1 amide bonds. The Balaban J connectivity index is 1.73. The van der Waals surface area contributed by atoms with E-state index in [1.807, 2.05) is 6.92 Å². The van der Waals surface area contributed by atoms with Crippen LogP contribution in [0, 0.1) is 5.82 Å². The Morgan fingerprint density at radius 1 is 1.29 bits per heavy atom. The molecule has 0 saturated heterocycles. The summed E-state index contributed by atoms with van der Waals surface area (Å²) in [6.07, 6.45) is 3.76. The maximum atomic E-state index is 12.8. The summed E-state index contributed by atoms with van der Waals surface area (Å²) in [4.78, 5) is 11.9. The van der Waals surface area contributed by atoms with Crippen LogP contribution in [0.15, 0.2) is 24.3 Å². The second-order valence-electron chi connectivity index (χ2n) is 5.83. The molecule has 1 aliphatic rings. The summed E-state index contributed by atoms with van der Waals surface area (Å²) < 4.78 is 12.8. The van der Waals surface area contributed by atoms with Crippen molar-refractivity contribution < 1.29 is 14.3 Å². The number of carbonyl (C=O) groups excluding carboxylic acids is 1. The van der Waals surface area contributed by atoms with Gasteiger partial charge in [-0.05, 0) is 56.9 Å². The molecule has 3 N–H and O–H groups in total. The zero-order valence-electron chi connectivity index (χ0n) is 12.3. The quantitative estimate of drug-likeness (QED) is 0.781. The van der Waals surface area contributed by atoms with Crippen molar-refractivity contribution in [2.75, 3.05) is 5.32 Å². The number of anilines is 1. The van der Waals surface area contributed by atoms with Crippen LogP contribution >= 0.6 is 0 Å². The molecule has 1 aliphatic carbocycles. The molecule has 21 heavy (non-hydrogen) atoms. The van der Waals surface area contributed by atoms with Gasteiger partial charge in [0.25, 0.3) is 0 Å². The molecule has 1 atom stereocenters. The van der Waals surface area contributed by atoms with Crippen molar-refractivity contribution in [3.05, 3.63) is 30.1 Å². The first-order chi connectivity index (χ1) is 10.0. The molecule has 1 saturated carbocycles. The summed E-state index contributed by atoms with van der Waals surface area (Å²) >= 11 is 0. The van der Waals surface area contributed by atoms with Gasteiger partial charge >= 0.3 is 0 Å². The fraction of sp³-hybridized carbons (Fsp3) is 0.562. The van der Waals surface area contributed by atoms with E-state index in [1.165, 1.54) is 12.1 Å². The number of aliphatic hydroxyl groups excluding tert-OH is 1. The van der Waals surface area contributed by atoms with Crippen LogP contribution < -0.4 is 10.6 Å². The van der Waals surface area contributed by atoms with E-state index < -0.39 is 0 Å². The van der Waals surface area contributed by atoms with Crippen molar-refractivity contribution in [3.8, 4) is 0 Å². The van der Waals surface area contributed by atoms with E-state index >= 15 is 0 Å². The average molecular weight is 294 g/mol. The summed E-state index contributed by atoms with van der Waals surface area (Å²) in [5.74, 6) is -0.403. The SMILES string of the molecule is CC(CC(=O)Nc1ccc(F)cc1)NC1CCC(O)CC1. The van der Waals surface area contributed by atoms with Crippen LogP contribution in [0.2, 0.25) is 0 Å². The summed E-state index contributed by atoms with van der Waals surface area (Å²) in [5.41, 5.74) is 0.606. The minimum Gasteiger partial charge on any atom is -0.393 e. The van der Waals surface area contributed by atoms with Gasteiger partial charge in [0.15, 0.2) is 0 Å². The standard InChI is InChI=1S/C16H23FN2O2/c1-11(18-13-6-8-15(20)9-7-13)10-16(21)19-14-4-2-12(17)3-5-14/h2-5,11,13,15,18,20H,6-10H2,1H3,(H,19,21). The number of nitrogens with one attached hydrogen (secondary N) is 2. The minimum atomic E-state index is -0.317. The lowest BCUT2D eigenvalue weighted by Gasteiger charge is -2.28. The molecule has 0 aromatic heterocycles. The number of aliphatic hydroxyl groups is 1. The van der Waals surface area contributed by atoms with Crippen LogP contribution in [-0.4, -0.2) is 29.2 Å². The maximum absolute atomic E-state index is 12.8. The van der Waals surface area contributed by atoms with Crippen LogP contribution in [-0.2, 0) is 4.79 Å². The van der Waals surface area contributed by atoms with Gasteiger partial charge in [-0.15, -0.1) is 0 Å². The third kappa shape index (κ3) is 5.44. The van der Waals surface area contributed by atoms with Gasteiger partial charge in [0.2, 0.25) is 5.91 Å². The highest BCUT2D eigenvalue weighted by Gasteiger charge is 2.21. The second-order valence-corrected chi connectivity index (χ2v) is 5.83. The number of halogens is 1. The molecule has 2 rings (SSSR count). The Kier molecular flexibility index (Phi) is 5.70. The van der Waals surface area contributed by atoms with Gasteiger partial charge in [0.05, 0.1) is 6.10 Å². The zero-order chi connectivity index (χ0) is 15.2. The van der Waals surface area contributed by atoms with Gasteiger partial charge in [0.1, 0.15) is 5.82 Å². The average Bonchev–Trinajstić information content (AvgIpc) is 2.44. The van der Waals surface area contributed by atoms with Crippen LogP contribution in [0.5, 0.6) is 0 Å². The van der Waals surface area contributed by atoms with Gasteiger partial charge in [0, 0.05) is 24.2 Å². The molecule has 116 valence electrons. The minimum absolute atomic E-state index is 0.0747. The zero-order valence-corrected chi connectivity index (χ0v) is 12.3. The van der Waals surface area contributed by atoms with Crippen molar-refractivity contribution in [2.24, 2.45) is 0 Å². The summed E-state index contributed by atoms with van der Waals surface area (Å²) in [6, 6.07) is 6.20. The summed E-state index contributed by atoms with van der Waals surface area (Å²) in [5, 5.41) is 15.7. The van der Waals surface area contributed by atoms with E-state index in [-0.39, 0.29) is 23.9 Å². The smallest absolute Gasteiger partial charge is 0.225 e. The topological polar surface area (TPSA) is 61.4 Å². The van der Waals surface area contributed by atoms with Gasteiger partial charge < -0.3 is 15.7 Å². The molecule has 1 fully saturated rings. The Morgan fingerprint density at radius 2 is 1.90 bits per heavy atom. The van der Waals surface area contributed by atoms with Gasteiger partial charge in [-0.1, -0.05) is 0 Å². The molecule has 4 nitrogen and oxygen atoms in total. The number of rotatable bonds is 5. The first kappa shape index (κ1) is 15.9. The third-order valence-electron chi connectivity index (χ3n) is 3.84. The first-order valence-electron chi connectivity index (χ1n) is 7.52. The fourth-order valence-corrected chi connectivity index (χ4v) is 2.73. The monoisotopic (exact) mass is 294 g/mol. The summed E-state index contributed by atoms with van der Waals surface area (Å²) in [6.45, 7) is 1.98. The number of amides is 1. The van der Waals surface area contributed by atoms with Crippen molar-refractivity contribution in [1.82, 2.24) is 5.32 Å². The number of hydrogen-bond acceptors (Lipinski definition) is 3. The Morgan fingerprint density at radius 3 is 2.52 bits per heavy atom. The van der Waals surface area contributed by atoms with Gasteiger partial charge in [-0.2, -0.15) is 0 Å². The first-order valence-corrected chi connectivity index (χ1v) is 7.52. The lowest BCUT2D eigenvalue weighted by atomic mass is 9.92. The molecule has 0 bridgehead atoms. The molecule has 0 heterocycles. The van der Waals surface area contributed by atoms with Crippen LogP contribution in [0.1, 0.15) is 39.0 Å². The summed E-state index contributed by atoms with van der Waals surface area (Å²) in [7, 11) is 0. The van der Waals surface area contributed by atoms with Crippen LogP contribution in [0.4, 0.5) is 10.1 Å². The van der Waals surface area contributed by atoms with E-state index in [2.05, 4.69) is 10.6 Å². The normalized spacial score (nSPS) is 23.6. The van der Waals surface area contributed by atoms with Crippen molar-refractivity contribution >= 4 is 11.6 Å². The van der Waals surface area contributed by atoms with Gasteiger partial charge in [-0.25, -0.2) is 4.39 Å². The number of hydrogen-bond donors (Lipinski definition) is 3. The molecular formula is C16H23FN2O2. The molecular weight excluding hydrogens is 271 g/mol. The van der Waals surface area contributed by atoms with Crippen molar-refractivity contribution in [1.29, 1.82) is 0 Å². The van der Waals surface area contributed by atoms with E-state index in [9.17, 15) is 14.3 Å². The Labute approximate surface area is 124 Å². The third-order valence-corrected chi connectivity index (χ3v) is 3.84. The van der Waals surface area contributed by atoms with E-state index in [0.29, 0.717) is 18.2 Å². The molecule has 5 heteroatoms. The molecule has 0 spiro atoms. The highest BCUT2D eigenvalue weighted by atomic mass is 19.1. The molecule has 1 aromatic carbocycles. The Hall–Kier alpha value is -1.46. The fourth-order valence-electron chi connectivity index (χ4n) is 2.73. The predicted octanol–water partition coefficient (Wildman–Crippen LogP) is 2.44. The highest BCUT2D eigenvalue weighted by Crippen LogP contribution is 2.19. The van der Waals surface area contributed by atoms with Gasteiger partial charge in [-0.3, -0.25) is 4.79 Å². The largest absolute Gasteiger partial charge is 0.393 e. The van der Waals surface area contributed by atoms with E-state index in [0.717, 1.165) is 25.7 Å². The maximum Gasteiger partial charge on any atom is 0.225 e. The number of carbonyl (C=O) groups is 1. The van der Waals surface area contributed by atoms with E-state index in [4.69, 9.17) is 0 Å². The van der Waals surface area contributed by atoms with Crippen molar-refractivity contribution in [2.45, 2.75) is 57.2 Å². The molecule has 0 aliphatic heterocycles.